The highest BCUT2D eigenvalue weighted by Crippen LogP contribution is 2.35. The molecule has 1 aromatic carbocycles. The molecule has 2 rings (SSSR count). The predicted octanol–water partition coefficient (Wildman–Crippen LogP) is 3.97. The van der Waals surface area contributed by atoms with Crippen molar-refractivity contribution in [3.8, 4) is 11.3 Å². The number of carbonyl (C=O) groups is 1. The monoisotopic (exact) mass is 297 g/mol. The van der Waals surface area contributed by atoms with E-state index < -0.39 is 17.6 Å². The number of carboxylic acids is 1. The van der Waals surface area contributed by atoms with Gasteiger partial charge in [0.1, 0.15) is 0 Å². The standard InChI is InChI=1S/C14H13F2NO2S/c1-7(5-12(18)19)14-13(17-8(2)20-14)9-3-4-10(15)11(16)6-9/h3-4,6-7H,5H2,1-2H3,(H,18,19). The molecule has 1 N–H and O–H groups in total. The maximum atomic E-state index is 13.3. The number of carboxylic acid groups (broad SMARTS) is 1. The number of benzene rings is 1. The molecule has 1 heterocycles. The smallest absolute Gasteiger partial charge is 0.303 e. The van der Waals surface area contributed by atoms with Crippen molar-refractivity contribution in [2.24, 2.45) is 0 Å². The number of halogens is 2. The Labute approximate surface area is 118 Å². The molecule has 0 fully saturated rings. The quantitative estimate of drug-likeness (QED) is 0.928. The summed E-state index contributed by atoms with van der Waals surface area (Å²) in [6.07, 6.45) is -0.0295. The third kappa shape index (κ3) is 3.01. The molecule has 1 atom stereocenters. The number of aryl methyl sites for hydroxylation is 1. The Hall–Kier alpha value is -1.82. The van der Waals surface area contributed by atoms with Gasteiger partial charge < -0.3 is 5.11 Å². The van der Waals surface area contributed by atoms with E-state index in [-0.39, 0.29) is 12.3 Å². The highest BCUT2D eigenvalue weighted by Gasteiger charge is 2.20. The first-order chi connectivity index (χ1) is 9.38. The fourth-order valence-corrected chi connectivity index (χ4v) is 2.98. The molecule has 1 aromatic heterocycles. The van der Waals surface area contributed by atoms with Crippen LogP contribution in [-0.2, 0) is 4.79 Å². The van der Waals surface area contributed by atoms with Gasteiger partial charge in [0.15, 0.2) is 11.6 Å². The third-order valence-electron chi connectivity index (χ3n) is 2.88. The molecule has 0 amide bonds. The lowest BCUT2D eigenvalue weighted by atomic mass is 10.0. The van der Waals surface area contributed by atoms with Crippen LogP contribution in [0.2, 0.25) is 0 Å². The van der Waals surface area contributed by atoms with Crippen LogP contribution in [0.3, 0.4) is 0 Å². The summed E-state index contributed by atoms with van der Waals surface area (Å²) in [5.41, 5.74) is 0.987. The van der Waals surface area contributed by atoms with Gasteiger partial charge >= 0.3 is 5.97 Å². The molecule has 0 aliphatic rings. The van der Waals surface area contributed by atoms with Gasteiger partial charge in [0.05, 0.1) is 17.1 Å². The van der Waals surface area contributed by atoms with Gasteiger partial charge in [-0.05, 0) is 25.1 Å². The lowest BCUT2D eigenvalue weighted by Crippen LogP contribution is -2.02. The largest absolute Gasteiger partial charge is 0.481 e. The number of thiazole rings is 1. The normalized spacial score (nSPS) is 12.4. The Morgan fingerprint density at radius 3 is 2.70 bits per heavy atom. The first kappa shape index (κ1) is 14.6. The fraction of sp³-hybridized carbons (Fsp3) is 0.286. The summed E-state index contributed by atoms with van der Waals surface area (Å²) >= 11 is 1.38. The van der Waals surface area contributed by atoms with E-state index in [2.05, 4.69) is 4.98 Å². The van der Waals surface area contributed by atoms with Crippen LogP contribution in [-0.4, -0.2) is 16.1 Å². The van der Waals surface area contributed by atoms with Crippen molar-refractivity contribution in [1.29, 1.82) is 0 Å². The molecular weight excluding hydrogens is 284 g/mol. The molecule has 0 saturated heterocycles. The molecule has 0 saturated carbocycles. The average Bonchev–Trinajstić information content (AvgIpc) is 2.74. The lowest BCUT2D eigenvalue weighted by Gasteiger charge is -2.09. The Balaban J connectivity index is 2.45. The van der Waals surface area contributed by atoms with Crippen molar-refractivity contribution in [2.75, 3.05) is 0 Å². The number of hydrogen-bond donors (Lipinski definition) is 1. The summed E-state index contributed by atoms with van der Waals surface area (Å²) in [4.78, 5) is 15.9. The molecular formula is C14H13F2NO2S. The number of aromatic nitrogens is 1. The molecule has 0 aliphatic heterocycles. The van der Waals surface area contributed by atoms with Crippen molar-refractivity contribution in [3.05, 3.63) is 39.7 Å². The van der Waals surface area contributed by atoms with E-state index in [1.54, 1.807) is 13.8 Å². The maximum Gasteiger partial charge on any atom is 0.303 e. The summed E-state index contributed by atoms with van der Waals surface area (Å²) in [5, 5.41) is 9.63. The molecule has 0 radical (unpaired) electrons. The molecule has 20 heavy (non-hydrogen) atoms. The van der Waals surface area contributed by atoms with Crippen LogP contribution < -0.4 is 0 Å². The second kappa shape index (κ2) is 5.66. The van der Waals surface area contributed by atoms with Crippen LogP contribution in [0.5, 0.6) is 0 Å². The molecule has 0 aliphatic carbocycles. The van der Waals surface area contributed by atoms with E-state index in [1.807, 2.05) is 0 Å². The zero-order valence-electron chi connectivity index (χ0n) is 11.0. The van der Waals surface area contributed by atoms with Crippen molar-refractivity contribution in [3.63, 3.8) is 0 Å². The van der Waals surface area contributed by atoms with Crippen molar-refractivity contribution < 1.29 is 18.7 Å². The predicted molar refractivity (Wildman–Crippen MR) is 72.9 cm³/mol. The van der Waals surface area contributed by atoms with Gasteiger partial charge in [-0.15, -0.1) is 11.3 Å². The molecule has 106 valence electrons. The Bertz CT molecular complexity index is 655. The minimum atomic E-state index is -0.940. The van der Waals surface area contributed by atoms with Crippen molar-refractivity contribution in [1.82, 2.24) is 4.98 Å². The van der Waals surface area contributed by atoms with Gasteiger partial charge in [-0.25, -0.2) is 13.8 Å². The zero-order chi connectivity index (χ0) is 14.9. The highest BCUT2D eigenvalue weighted by molar-refractivity contribution is 7.12. The van der Waals surface area contributed by atoms with Crippen LogP contribution in [0.15, 0.2) is 18.2 Å². The SMILES string of the molecule is Cc1nc(-c2ccc(F)c(F)c2)c(C(C)CC(=O)O)s1. The number of nitrogens with zero attached hydrogens (tertiary/aromatic N) is 1. The first-order valence-electron chi connectivity index (χ1n) is 6.03. The second-order valence-corrected chi connectivity index (χ2v) is 5.81. The highest BCUT2D eigenvalue weighted by atomic mass is 32.1. The van der Waals surface area contributed by atoms with Crippen LogP contribution in [0.4, 0.5) is 8.78 Å². The molecule has 1 unspecified atom stereocenters. The molecule has 0 spiro atoms. The summed E-state index contributed by atoms with van der Waals surface area (Å²) in [7, 11) is 0. The second-order valence-electron chi connectivity index (χ2n) is 4.57. The lowest BCUT2D eigenvalue weighted by molar-refractivity contribution is -0.137. The van der Waals surface area contributed by atoms with Gasteiger partial charge in [0.2, 0.25) is 0 Å². The summed E-state index contributed by atoms with van der Waals surface area (Å²) < 4.78 is 26.3. The van der Waals surface area contributed by atoms with Crippen LogP contribution in [0, 0.1) is 18.6 Å². The molecule has 0 bridgehead atoms. The number of aliphatic carboxylic acids is 1. The Morgan fingerprint density at radius 2 is 2.10 bits per heavy atom. The van der Waals surface area contributed by atoms with Gasteiger partial charge in [0, 0.05) is 16.4 Å². The third-order valence-corrected chi connectivity index (χ3v) is 4.08. The van der Waals surface area contributed by atoms with E-state index in [1.165, 1.54) is 17.4 Å². The van der Waals surface area contributed by atoms with Gasteiger partial charge in [-0.1, -0.05) is 6.92 Å². The maximum absolute atomic E-state index is 13.3. The average molecular weight is 297 g/mol. The van der Waals surface area contributed by atoms with Crippen LogP contribution in [0.25, 0.3) is 11.3 Å². The minimum absolute atomic E-state index is 0.0295. The Morgan fingerprint density at radius 1 is 1.40 bits per heavy atom. The molecule has 3 nitrogen and oxygen atoms in total. The van der Waals surface area contributed by atoms with E-state index in [0.717, 1.165) is 22.0 Å². The van der Waals surface area contributed by atoms with Crippen LogP contribution >= 0.6 is 11.3 Å². The fourth-order valence-electron chi connectivity index (χ4n) is 1.98. The van der Waals surface area contributed by atoms with E-state index in [4.69, 9.17) is 5.11 Å². The van der Waals surface area contributed by atoms with Crippen molar-refractivity contribution >= 4 is 17.3 Å². The topological polar surface area (TPSA) is 50.2 Å². The van der Waals surface area contributed by atoms with E-state index in [9.17, 15) is 13.6 Å². The minimum Gasteiger partial charge on any atom is -0.481 e. The Kier molecular flexibility index (Phi) is 4.13. The number of rotatable bonds is 4. The first-order valence-corrected chi connectivity index (χ1v) is 6.84. The van der Waals surface area contributed by atoms with Gasteiger partial charge in [-0.2, -0.15) is 0 Å². The van der Waals surface area contributed by atoms with E-state index in [0.29, 0.717) is 11.3 Å². The van der Waals surface area contributed by atoms with Gasteiger partial charge in [-0.3, -0.25) is 4.79 Å². The molecule has 2 aromatic rings. The summed E-state index contributed by atoms with van der Waals surface area (Å²) in [6, 6.07) is 3.58. The summed E-state index contributed by atoms with van der Waals surface area (Å²) in [6.45, 7) is 3.58. The van der Waals surface area contributed by atoms with Crippen LogP contribution in [0.1, 0.15) is 29.1 Å². The van der Waals surface area contributed by atoms with E-state index >= 15 is 0 Å². The summed E-state index contributed by atoms with van der Waals surface area (Å²) in [5.74, 6) is -2.99. The number of hydrogen-bond acceptors (Lipinski definition) is 3. The molecule has 6 heteroatoms. The zero-order valence-corrected chi connectivity index (χ0v) is 11.8. The van der Waals surface area contributed by atoms with Crippen molar-refractivity contribution in [2.45, 2.75) is 26.2 Å². The van der Waals surface area contributed by atoms with Gasteiger partial charge in [0.25, 0.3) is 0 Å².